The first-order valence-corrected chi connectivity index (χ1v) is 20.9. The van der Waals surface area contributed by atoms with Crippen molar-refractivity contribution in [1.82, 2.24) is 20.1 Å². The first kappa shape index (κ1) is 51.1. The van der Waals surface area contributed by atoms with Crippen LogP contribution in [-0.4, -0.2) is 118 Å². The van der Waals surface area contributed by atoms with Crippen molar-refractivity contribution in [3.8, 4) is 17.9 Å². The minimum atomic E-state index is -5.08. The summed E-state index contributed by atoms with van der Waals surface area (Å²) < 4.78 is 79.2. The van der Waals surface area contributed by atoms with Gasteiger partial charge in [0.25, 0.3) is 5.91 Å². The summed E-state index contributed by atoms with van der Waals surface area (Å²) in [4.78, 5) is 70.8. The first-order chi connectivity index (χ1) is 31.4. The van der Waals surface area contributed by atoms with Gasteiger partial charge in [0.1, 0.15) is 29.8 Å². The van der Waals surface area contributed by atoms with E-state index in [2.05, 4.69) is 36.8 Å². The number of piperidine rings is 1. The molecular weight excluding hydrogens is 915 g/mol. The number of nitrogens with zero attached hydrogens (tertiary/aromatic N) is 7. The lowest BCUT2D eigenvalue weighted by Gasteiger charge is -2.39. The number of hydrogen-bond acceptors (Lipinski definition) is 13. The number of halogens is 6. The van der Waals surface area contributed by atoms with Gasteiger partial charge in [-0.25, -0.2) is 9.78 Å². The first-order valence-electron chi connectivity index (χ1n) is 20.5. The number of carboxylic acids is 1. The van der Waals surface area contributed by atoms with E-state index >= 15 is 0 Å². The lowest BCUT2D eigenvalue weighted by atomic mass is 10.0. The zero-order chi connectivity index (χ0) is 49.6. The van der Waals surface area contributed by atoms with Crippen molar-refractivity contribution in [3.05, 3.63) is 70.9 Å². The molecular formula is C43H44F6N10O7S. The maximum absolute atomic E-state index is 13.8. The third kappa shape index (κ3) is 12.3. The summed E-state index contributed by atoms with van der Waals surface area (Å²) in [7, 11) is 0. The van der Waals surface area contributed by atoms with E-state index in [0.29, 0.717) is 74.1 Å². The molecule has 4 N–H and O–H groups in total. The maximum atomic E-state index is 13.8. The Balaban J connectivity index is 0.00000111. The second kappa shape index (κ2) is 20.7. The molecule has 1 aromatic heterocycles. The topological polar surface area (TPSA) is 224 Å². The van der Waals surface area contributed by atoms with E-state index in [0.717, 1.165) is 22.6 Å². The molecule has 2 aromatic carbocycles. The summed E-state index contributed by atoms with van der Waals surface area (Å²) in [5, 5.41) is 34.1. The molecule has 356 valence electrons. The Labute approximate surface area is 385 Å². The second-order valence-electron chi connectivity index (χ2n) is 16.0. The van der Waals surface area contributed by atoms with Crippen LogP contribution in [0.2, 0.25) is 0 Å². The number of aromatic nitrogens is 1. The van der Waals surface area contributed by atoms with Gasteiger partial charge in [0, 0.05) is 50.0 Å². The molecule has 3 aromatic rings. The van der Waals surface area contributed by atoms with E-state index in [4.69, 9.17) is 26.9 Å². The molecule has 0 bridgehead atoms. The number of aliphatic carboxylic acids is 1. The van der Waals surface area contributed by atoms with Crippen LogP contribution in [0.15, 0.2) is 48.7 Å². The molecule has 4 heterocycles. The van der Waals surface area contributed by atoms with Gasteiger partial charge in [0.2, 0.25) is 17.7 Å². The number of ether oxygens (including phenoxy) is 1. The highest BCUT2D eigenvalue weighted by atomic mass is 32.1. The van der Waals surface area contributed by atoms with Crippen LogP contribution in [0.25, 0.3) is 0 Å². The van der Waals surface area contributed by atoms with Gasteiger partial charge in [-0.3, -0.25) is 44.1 Å². The minimum Gasteiger partial charge on any atom is -0.490 e. The number of anilines is 4. The van der Waals surface area contributed by atoms with Crippen LogP contribution in [-0.2, 0) is 36.6 Å². The van der Waals surface area contributed by atoms with Gasteiger partial charge < -0.3 is 20.5 Å². The predicted octanol–water partition coefficient (Wildman–Crippen LogP) is 5.20. The number of nitrogens with one attached hydrogen (secondary N) is 3. The van der Waals surface area contributed by atoms with Gasteiger partial charge in [-0.15, -0.1) is 0 Å². The molecule has 2 atom stereocenters. The molecule has 3 aliphatic heterocycles. The van der Waals surface area contributed by atoms with E-state index in [1.165, 1.54) is 11.0 Å². The summed E-state index contributed by atoms with van der Waals surface area (Å²) in [6.07, 6.45) is -7.30. The Morgan fingerprint density at radius 2 is 1.72 bits per heavy atom. The number of alkyl halides is 6. The van der Waals surface area contributed by atoms with Crippen molar-refractivity contribution >= 4 is 69.8 Å². The number of thiocarbonyl (C=S) groups is 1. The summed E-state index contributed by atoms with van der Waals surface area (Å²) in [6, 6.07) is 12.6. The van der Waals surface area contributed by atoms with Crippen LogP contribution < -0.4 is 30.5 Å². The van der Waals surface area contributed by atoms with E-state index in [1.807, 2.05) is 13.8 Å². The maximum Gasteiger partial charge on any atom is 0.490 e. The Bertz CT molecular complexity index is 2530. The van der Waals surface area contributed by atoms with Crippen LogP contribution in [0, 0.1) is 22.7 Å². The van der Waals surface area contributed by atoms with Gasteiger partial charge in [0.15, 0.2) is 5.11 Å². The fraction of sp³-hybridized carbons (Fsp3) is 0.419. The number of carbonyl (C=O) groups is 5. The van der Waals surface area contributed by atoms with Gasteiger partial charge >= 0.3 is 18.3 Å². The Hall–Kier alpha value is -6.89. The number of pyridine rings is 1. The largest absolute Gasteiger partial charge is 0.490 e. The number of benzene rings is 2. The van der Waals surface area contributed by atoms with Crippen molar-refractivity contribution < 1.29 is 60.2 Å². The van der Waals surface area contributed by atoms with Crippen LogP contribution in [0.1, 0.15) is 62.8 Å². The predicted molar refractivity (Wildman–Crippen MR) is 233 cm³/mol. The lowest BCUT2D eigenvalue weighted by molar-refractivity contribution is -0.192. The molecule has 1 unspecified atom stereocenters. The van der Waals surface area contributed by atoms with Crippen LogP contribution >= 0.6 is 12.2 Å². The van der Waals surface area contributed by atoms with E-state index in [1.54, 1.807) is 50.4 Å². The second-order valence-corrected chi connectivity index (χ2v) is 16.4. The van der Waals surface area contributed by atoms with E-state index in [9.17, 15) is 56.0 Å². The van der Waals surface area contributed by atoms with Crippen molar-refractivity contribution in [1.29, 1.82) is 10.5 Å². The minimum absolute atomic E-state index is 0.0334. The molecule has 6 rings (SSSR count). The molecule has 67 heavy (non-hydrogen) atoms. The molecule has 3 aliphatic rings. The highest BCUT2D eigenvalue weighted by Gasteiger charge is 2.51. The van der Waals surface area contributed by atoms with Crippen LogP contribution in [0.3, 0.4) is 0 Å². The lowest BCUT2D eigenvalue weighted by Crippen LogP contribution is -2.54. The highest BCUT2D eigenvalue weighted by Crippen LogP contribution is 2.40. The van der Waals surface area contributed by atoms with Crippen molar-refractivity contribution in [2.45, 2.75) is 76.9 Å². The van der Waals surface area contributed by atoms with E-state index < -0.39 is 52.8 Å². The number of carboxylic acid groups (broad SMARTS) is 1. The zero-order valence-corrected chi connectivity index (χ0v) is 37.2. The molecule has 0 aliphatic carbocycles. The molecule has 24 heteroatoms. The number of imide groups is 1. The molecule has 3 saturated heterocycles. The van der Waals surface area contributed by atoms with Crippen molar-refractivity contribution in [2.75, 3.05) is 59.8 Å². The van der Waals surface area contributed by atoms with E-state index in [-0.39, 0.29) is 41.6 Å². The third-order valence-corrected chi connectivity index (χ3v) is 11.3. The van der Waals surface area contributed by atoms with Crippen LogP contribution in [0.4, 0.5) is 49.2 Å². The Kier molecular flexibility index (Phi) is 15.8. The van der Waals surface area contributed by atoms with Crippen LogP contribution in [0.5, 0.6) is 5.75 Å². The van der Waals surface area contributed by atoms with Gasteiger partial charge in [-0.05, 0) is 93.9 Å². The third-order valence-electron chi connectivity index (χ3n) is 10.9. The average molecular weight is 959 g/mol. The standard InChI is InChI=1S/C41H43F3N10O5S.C2HF3O2/c1-5-26-16-34(54-39(60)53(38(58)40(54,3)4)30-7-6-27(20-46)31(18-30)41(42,43)44)47-21-33(26)59-13-12-51-10-11-52(24(2)22-51)23-36(56)49-29-15-25(19-45)14-28(17-29)48-32-8-9-35(55)50-37(32)57;3-2(4,5)1(6)7/h6-7,14-18,21,24,32,48H,5,8-13,22-23H2,1-4H3,(H,49,56)(H,50,55,57);(H,6,7)/t24-,32?;/m1./s1. The van der Waals surface area contributed by atoms with Crippen molar-refractivity contribution in [2.24, 2.45) is 0 Å². The fourth-order valence-electron chi connectivity index (χ4n) is 7.47. The van der Waals surface area contributed by atoms with Gasteiger partial charge in [-0.1, -0.05) is 6.92 Å². The summed E-state index contributed by atoms with van der Waals surface area (Å²) in [5.74, 6) is -3.49. The molecule has 17 nitrogen and oxygen atoms in total. The monoisotopic (exact) mass is 958 g/mol. The average Bonchev–Trinajstić information content (AvgIpc) is 3.43. The number of carbonyl (C=O) groups excluding carboxylic acids is 4. The highest BCUT2D eigenvalue weighted by molar-refractivity contribution is 7.81. The fourth-order valence-corrected chi connectivity index (χ4v) is 7.98. The Morgan fingerprint density at radius 3 is 2.31 bits per heavy atom. The number of amides is 4. The number of piperazine rings is 1. The molecule has 3 fully saturated rings. The summed E-state index contributed by atoms with van der Waals surface area (Å²) >= 11 is 5.67. The quantitative estimate of drug-likeness (QED) is 0.104. The van der Waals surface area contributed by atoms with Gasteiger partial charge in [-0.2, -0.15) is 36.9 Å². The molecule has 0 radical (unpaired) electrons. The summed E-state index contributed by atoms with van der Waals surface area (Å²) in [5.41, 5.74) is -1.19. The zero-order valence-electron chi connectivity index (χ0n) is 36.3. The SMILES string of the molecule is CCc1cc(N2C(=S)N(c3ccc(C#N)c(C(F)(F)F)c3)C(=O)C2(C)C)ncc1OCCN1CCN(CC(=O)Nc2cc(C#N)cc(NC3CCC(=O)NC3=O)c2)[C@H](C)C1.O=C(O)C(F)(F)F. The molecule has 0 spiro atoms. The number of nitriles is 2. The van der Waals surface area contributed by atoms with Gasteiger partial charge in [0.05, 0.1) is 47.3 Å². The summed E-state index contributed by atoms with van der Waals surface area (Å²) in [6.45, 7) is 10.2. The molecule has 0 saturated carbocycles. The smallest absolute Gasteiger partial charge is 0.490 e. The normalized spacial score (nSPS) is 18.9. The number of rotatable bonds is 12. The van der Waals surface area contributed by atoms with Crippen molar-refractivity contribution in [3.63, 3.8) is 0 Å². The Morgan fingerprint density at radius 1 is 1.03 bits per heavy atom. The number of hydrogen-bond donors (Lipinski definition) is 4. The number of aryl methyl sites for hydroxylation is 1. The molecule has 4 amide bonds.